The topological polar surface area (TPSA) is 80.7 Å². The van der Waals surface area contributed by atoms with Crippen LogP contribution in [-0.2, 0) is 11.8 Å². The number of nitrogens with two attached hydrogens (primary N) is 1. The van der Waals surface area contributed by atoms with Gasteiger partial charge in [0.15, 0.2) is 5.96 Å². The largest absolute Gasteiger partial charge is 0.376 e. The number of likely N-dealkylation sites (N-methyl/N-ethyl adjacent to an activating group) is 1. The van der Waals surface area contributed by atoms with E-state index < -0.39 is 0 Å². The van der Waals surface area contributed by atoms with Gasteiger partial charge < -0.3 is 20.7 Å². The summed E-state index contributed by atoms with van der Waals surface area (Å²) >= 11 is 0. The Kier molecular flexibility index (Phi) is 8.12. The second-order valence-electron chi connectivity index (χ2n) is 5.67. The van der Waals surface area contributed by atoms with Gasteiger partial charge in [-0.3, -0.25) is 9.67 Å². The van der Waals surface area contributed by atoms with E-state index in [2.05, 4.69) is 20.3 Å². The standard InChI is InChI=1S/C14H26N6O.HI/c1-19(2)13(11-7-18-20(3)10-11)9-17-14(15)16-8-12-5-4-6-21-12;/h7,10,12-13H,4-6,8-9H2,1-3H3,(H3,15,16,17);1H. The lowest BCUT2D eigenvalue weighted by atomic mass is 10.1. The summed E-state index contributed by atoms with van der Waals surface area (Å²) < 4.78 is 7.35. The van der Waals surface area contributed by atoms with Gasteiger partial charge in [0.25, 0.3) is 0 Å². The molecular formula is C14H27IN6O. The third-order valence-electron chi connectivity index (χ3n) is 3.70. The van der Waals surface area contributed by atoms with Crippen LogP contribution in [0.3, 0.4) is 0 Å². The summed E-state index contributed by atoms with van der Waals surface area (Å²) in [5.41, 5.74) is 7.06. The first kappa shape index (κ1) is 19.2. The van der Waals surface area contributed by atoms with Crippen molar-refractivity contribution in [2.45, 2.75) is 25.0 Å². The highest BCUT2D eigenvalue weighted by molar-refractivity contribution is 14.0. The van der Waals surface area contributed by atoms with Crippen molar-refractivity contribution in [3.05, 3.63) is 18.0 Å². The monoisotopic (exact) mass is 422 g/mol. The van der Waals surface area contributed by atoms with E-state index in [1.54, 1.807) is 4.68 Å². The maximum absolute atomic E-state index is 5.93. The van der Waals surface area contributed by atoms with Crippen LogP contribution in [0.2, 0.25) is 0 Å². The molecule has 0 amide bonds. The van der Waals surface area contributed by atoms with Crippen molar-refractivity contribution in [2.75, 3.05) is 33.8 Å². The molecule has 2 unspecified atom stereocenters. The number of ether oxygens (including phenoxy) is 1. The van der Waals surface area contributed by atoms with Crippen LogP contribution >= 0.6 is 24.0 Å². The fourth-order valence-electron chi connectivity index (χ4n) is 2.44. The maximum Gasteiger partial charge on any atom is 0.188 e. The number of nitrogens with zero attached hydrogens (tertiary/aromatic N) is 4. The quantitative estimate of drug-likeness (QED) is 0.401. The van der Waals surface area contributed by atoms with Crippen LogP contribution in [0.5, 0.6) is 0 Å². The van der Waals surface area contributed by atoms with Crippen molar-refractivity contribution in [3.8, 4) is 0 Å². The molecule has 2 rings (SSSR count). The molecule has 0 saturated carbocycles. The number of hydrogen-bond donors (Lipinski definition) is 2. The molecule has 7 nitrogen and oxygen atoms in total. The Labute approximate surface area is 149 Å². The lowest BCUT2D eigenvalue weighted by Crippen LogP contribution is -2.38. The number of rotatable bonds is 6. The van der Waals surface area contributed by atoms with Gasteiger partial charge in [-0.15, -0.1) is 24.0 Å². The highest BCUT2D eigenvalue weighted by Gasteiger charge is 2.17. The number of aryl methyl sites for hydroxylation is 1. The Morgan fingerprint density at radius 1 is 1.64 bits per heavy atom. The first-order valence-corrected chi connectivity index (χ1v) is 7.36. The van der Waals surface area contributed by atoms with E-state index in [0.29, 0.717) is 12.5 Å². The van der Waals surface area contributed by atoms with Crippen LogP contribution in [0.25, 0.3) is 0 Å². The van der Waals surface area contributed by atoms with E-state index in [-0.39, 0.29) is 36.1 Å². The number of aliphatic imine (C=N–C) groups is 1. The van der Waals surface area contributed by atoms with Gasteiger partial charge in [0, 0.05) is 32.0 Å². The minimum atomic E-state index is 0. The molecule has 126 valence electrons. The summed E-state index contributed by atoms with van der Waals surface area (Å²) in [6.45, 7) is 2.19. The predicted octanol–water partition coefficient (Wildman–Crippen LogP) is 0.724. The van der Waals surface area contributed by atoms with Crippen LogP contribution in [0.4, 0.5) is 0 Å². The van der Waals surface area contributed by atoms with Crippen molar-refractivity contribution >= 4 is 29.9 Å². The molecule has 0 aliphatic carbocycles. The summed E-state index contributed by atoms with van der Waals surface area (Å²) in [7, 11) is 5.98. The van der Waals surface area contributed by atoms with Gasteiger partial charge in [-0.2, -0.15) is 5.10 Å². The molecule has 0 radical (unpaired) electrons. The summed E-state index contributed by atoms with van der Waals surface area (Å²) in [6.07, 6.45) is 6.37. The molecule has 22 heavy (non-hydrogen) atoms. The number of nitrogens with one attached hydrogen (secondary N) is 1. The van der Waals surface area contributed by atoms with Crippen LogP contribution in [-0.4, -0.2) is 60.5 Å². The lowest BCUT2D eigenvalue weighted by molar-refractivity contribution is 0.114. The van der Waals surface area contributed by atoms with Crippen molar-refractivity contribution in [1.82, 2.24) is 20.0 Å². The van der Waals surface area contributed by atoms with E-state index in [9.17, 15) is 0 Å². The Morgan fingerprint density at radius 2 is 2.41 bits per heavy atom. The van der Waals surface area contributed by atoms with E-state index in [1.807, 2.05) is 33.5 Å². The molecule has 3 N–H and O–H groups in total. The van der Waals surface area contributed by atoms with Crippen molar-refractivity contribution in [3.63, 3.8) is 0 Å². The van der Waals surface area contributed by atoms with Gasteiger partial charge >= 0.3 is 0 Å². The number of guanidine groups is 1. The molecule has 8 heteroatoms. The predicted molar refractivity (Wildman–Crippen MR) is 98.5 cm³/mol. The molecule has 0 bridgehead atoms. The van der Waals surface area contributed by atoms with Gasteiger partial charge in [-0.25, -0.2) is 0 Å². The van der Waals surface area contributed by atoms with Gasteiger partial charge in [0.05, 0.1) is 24.9 Å². The molecule has 1 aromatic heterocycles. The van der Waals surface area contributed by atoms with Crippen LogP contribution in [0.1, 0.15) is 24.4 Å². The van der Waals surface area contributed by atoms with Crippen LogP contribution in [0, 0.1) is 0 Å². The van der Waals surface area contributed by atoms with E-state index in [1.165, 1.54) is 0 Å². The summed E-state index contributed by atoms with van der Waals surface area (Å²) in [6, 6.07) is 0.168. The minimum absolute atomic E-state index is 0. The zero-order valence-corrected chi connectivity index (χ0v) is 15.9. The average Bonchev–Trinajstić information content (AvgIpc) is 3.08. The molecule has 1 aliphatic rings. The number of hydrogen-bond acceptors (Lipinski definition) is 4. The Hall–Kier alpha value is -0.870. The second-order valence-corrected chi connectivity index (χ2v) is 5.67. The Balaban J connectivity index is 0.00000242. The normalized spacial score (nSPS) is 20.0. The third-order valence-corrected chi connectivity index (χ3v) is 3.70. The van der Waals surface area contributed by atoms with Gasteiger partial charge in [-0.1, -0.05) is 0 Å². The number of aromatic nitrogens is 2. The highest BCUT2D eigenvalue weighted by Crippen LogP contribution is 2.17. The molecule has 2 heterocycles. The first-order valence-electron chi connectivity index (χ1n) is 7.36. The Bertz CT molecular complexity index is 470. The zero-order valence-electron chi connectivity index (χ0n) is 13.5. The van der Waals surface area contributed by atoms with Gasteiger partial charge in [0.2, 0.25) is 0 Å². The SMILES string of the molecule is CN(C)C(CN=C(N)NCC1CCCO1)c1cnn(C)c1.I. The molecule has 1 saturated heterocycles. The summed E-state index contributed by atoms with van der Waals surface area (Å²) in [5.74, 6) is 0.473. The van der Waals surface area contributed by atoms with E-state index >= 15 is 0 Å². The van der Waals surface area contributed by atoms with E-state index in [4.69, 9.17) is 10.5 Å². The minimum Gasteiger partial charge on any atom is -0.376 e. The van der Waals surface area contributed by atoms with Gasteiger partial charge in [-0.05, 0) is 26.9 Å². The Morgan fingerprint density at radius 3 is 2.95 bits per heavy atom. The second kappa shape index (κ2) is 9.31. The molecule has 2 atom stereocenters. The molecule has 1 aromatic rings. The number of halogens is 1. The summed E-state index contributed by atoms with van der Waals surface area (Å²) in [4.78, 5) is 6.56. The lowest BCUT2D eigenvalue weighted by Gasteiger charge is -2.21. The molecule has 0 spiro atoms. The van der Waals surface area contributed by atoms with Crippen molar-refractivity contribution < 1.29 is 4.74 Å². The fourth-order valence-corrected chi connectivity index (χ4v) is 2.44. The highest BCUT2D eigenvalue weighted by atomic mass is 127. The summed E-state index contributed by atoms with van der Waals surface area (Å²) in [5, 5.41) is 7.35. The molecule has 0 aromatic carbocycles. The molecule has 1 fully saturated rings. The first-order chi connectivity index (χ1) is 10.1. The average molecular weight is 422 g/mol. The maximum atomic E-state index is 5.93. The van der Waals surface area contributed by atoms with E-state index in [0.717, 1.165) is 31.6 Å². The van der Waals surface area contributed by atoms with Crippen LogP contribution in [0.15, 0.2) is 17.4 Å². The van der Waals surface area contributed by atoms with Crippen molar-refractivity contribution in [2.24, 2.45) is 17.8 Å². The third kappa shape index (κ3) is 5.73. The van der Waals surface area contributed by atoms with Crippen LogP contribution < -0.4 is 11.1 Å². The fraction of sp³-hybridized carbons (Fsp3) is 0.714. The molecular weight excluding hydrogens is 395 g/mol. The van der Waals surface area contributed by atoms with Crippen molar-refractivity contribution in [1.29, 1.82) is 0 Å². The zero-order chi connectivity index (χ0) is 15.2. The van der Waals surface area contributed by atoms with Gasteiger partial charge in [0.1, 0.15) is 0 Å². The smallest absolute Gasteiger partial charge is 0.188 e. The molecule has 1 aliphatic heterocycles.